The lowest BCUT2D eigenvalue weighted by molar-refractivity contribution is 0.0884. The largest absolute Gasteiger partial charge is 0.289 e. The summed E-state index contributed by atoms with van der Waals surface area (Å²) in [6, 6.07) is 3.55. The van der Waals surface area contributed by atoms with Gasteiger partial charge in [0.2, 0.25) is 5.78 Å². The van der Waals surface area contributed by atoms with Crippen LogP contribution < -0.4 is 0 Å². The molecule has 0 fully saturated rings. The molecule has 0 aliphatic rings. The van der Waals surface area contributed by atoms with Gasteiger partial charge in [0, 0.05) is 16.3 Å². The second-order valence-corrected chi connectivity index (χ2v) is 5.12. The van der Waals surface area contributed by atoms with Crippen molar-refractivity contribution >= 4 is 17.5 Å². The summed E-state index contributed by atoms with van der Waals surface area (Å²) >= 11 is 1.52. The number of hydrogen-bond acceptors (Lipinski definition) is 3. The van der Waals surface area contributed by atoms with Gasteiger partial charge in [0.15, 0.2) is 6.17 Å². The molecule has 0 spiro atoms. The molecule has 82 valence electrons. The minimum Gasteiger partial charge on any atom is -0.289 e. The van der Waals surface area contributed by atoms with Crippen molar-refractivity contribution in [1.29, 1.82) is 0 Å². The number of halogens is 1. The Hall–Kier alpha value is -0.900. The molecule has 0 amide bonds. The molecule has 0 N–H and O–H groups in total. The van der Waals surface area contributed by atoms with E-state index in [1.807, 2.05) is 13.8 Å². The Kier molecular flexibility index (Phi) is 4.27. The lowest BCUT2D eigenvalue weighted by atomic mass is 10.2. The minimum absolute atomic E-state index is 0.242. The average Bonchev–Trinajstić information content (AvgIpc) is 2.16. The van der Waals surface area contributed by atoms with Crippen LogP contribution in [0, 0.1) is 0 Å². The first kappa shape index (κ1) is 12.2. The molecule has 0 aliphatic carbocycles. The molecule has 0 bridgehead atoms. The van der Waals surface area contributed by atoms with Crippen molar-refractivity contribution in [3.63, 3.8) is 0 Å². The maximum absolute atomic E-state index is 12.9. The number of thioether (sulfide) groups is 1. The Morgan fingerprint density at radius 3 is 2.67 bits per heavy atom. The van der Waals surface area contributed by atoms with Crippen molar-refractivity contribution in [3.05, 3.63) is 24.0 Å². The molecule has 15 heavy (non-hydrogen) atoms. The van der Waals surface area contributed by atoms with Gasteiger partial charge in [-0.1, -0.05) is 13.8 Å². The topological polar surface area (TPSA) is 30.0 Å². The zero-order valence-corrected chi connectivity index (χ0v) is 9.84. The number of aromatic nitrogens is 1. The molecule has 0 aromatic carbocycles. The summed E-state index contributed by atoms with van der Waals surface area (Å²) in [5.74, 6) is -0.543. The van der Waals surface area contributed by atoms with Crippen LogP contribution in [0.4, 0.5) is 4.39 Å². The number of ketones is 1. The number of rotatable bonds is 4. The van der Waals surface area contributed by atoms with Crippen molar-refractivity contribution in [2.75, 3.05) is 0 Å². The van der Waals surface area contributed by atoms with E-state index >= 15 is 0 Å². The molecule has 0 saturated carbocycles. The SMILES string of the molecule is CC(C)Sc1cccnc1C(=O)C(C)F. The van der Waals surface area contributed by atoms with Crippen LogP contribution in [0.5, 0.6) is 0 Å². The number of nitrogens with zero attached hydrogens (tertiary/aromatic N) is 1. The molecule has 0 aliphatic heterocycles. The summed E-state index contributed by atoms with van der Waals surface area (Å²) in [5, 5.41) is 0.343. The lowest BCUT2D eigenvalue weighted by Crippen LogP contribution is -2.14. The van der Waals surface area contributed by atoms with E-state index in [-0.39, 0.29) is 5.69 Å². The molecule has 4 heteroatoms. The van der Waals surface area contributed by atoms with Gasteiger partial charge >= 0.3 is 0 Å². The molecule has 1 atom stereocenters. The van der Waals surface area contributed by atoms with Crippen molar-refractivity contribution in [2.24, 2.45) is 0 Å². The summed E-state index contributed by atoms with van der Waals surface area (Å²) in [7, 11) is 0. The highest BCUT2D eigenvalue weighted by atomic mass is 32.2. The fraction of sp³-hybridized carbons (Fsp3) is 0.455. The highest BCUT2D eigenvalue weighted by Gasteiger charge is 2.19. The van der Waals surface area contributed by atoms with Gasteiger partial charge in [0.25, 0.3) is 0 Å². The molecule has 1 unspecified atom stereocenters. The zero-order valence-electron chi connectivity index (χ0n) is 9.03. The van der Waals surface area contributed by atoms with Crippen LogP contribution in [-0.4, -0.2) is 22.2 Å². The first-order valence-electron chi connectivity index (χ1n) is 4.82. The first-order valence-corrected chi connectivity index (χ1v) is 5.70. The minimum atomic E-state index is -1.49. The van der Waals surface area contributed by atoms with Crippen LogP contribution in [0.1, 0.15) is 31.3 Å². The number of Topliss-reactive ketones (excluding diaryl/α,β-unsaturated/α-hetero) is 1. The molecule has 1 heterocycles. The number of alkyl halides is 1. The number of pyridine rings is 1. The maximum atomic E-state index is 12.9. The summed E-state index contributed by atoms with van der Waals surface area (Å²) in [6.45, 7) is 5.27. The van der Waals surface area contributed by atoms with Crippen molar-refractivity contribution in [2.45, 2.75) is 37.1 Å². The van der Waals surface area contributed by atoms with E-state index in [1.165, 1.54) is 24.9 Å². The molecule has 1 aromatic rings. The number of carbonyl (C=O) groups is 1. The zero-order chi connectivity index (χ0) is 11.4. The van der Waals surface area contributed by atoms with Gasteiger partial charge in [-0.05, 0) is 19.1 Å². The van der Waals surface area contributed by atoms with Crippen LogP contribution in [-0.2, 0) is 0 Å². The molecule has 1 rings (SSSR count). The fourth-order valence-electron chi connectivity index (χ4n) is 1.11. The van der Waals surface area contributed by atoms with Crippen LogP contribution in [0.2, 0.25) is 0 Å². The summed E-state index contributed by atoms with van der Waals surface area (Å²) in [4.78, 5) is 16.2. The molecule has 1 aromatic heterocycles. The summed E-state index contributed by atoms with van der Waals surface area (Å²) in [5.41, 5.74) is 0.242. The third kappa shape index (κ3) is 3.30. The molecule has 2 nitrogen and oxygen atoms in total. The highest BCUT2D eigenvalue weighted by molar-refractivity contribution is 8.00. The standard InChI is InChI=1S/C11H14FNOS/c1-7(2)15-9-5-4-6-13-10(9)11(14)8(3)12/h4-8H,1-3H3. The van der Waals surface area contributed by atoms with Crippen molar-refractivity contribution in [3.8, 4) is 0 Å². The summed E-state index contributed by atoms with van der Waals surface area (Å²) < 4.78 is 12.9. The van der Waals surface area contributed by atoms with Crippen LogP contribution in [0.3, 0.4) is 0 Å². The van der Waals surface area contributed by atoms with E-state index in [2.05, 4.69) is 4.98 Å². The first-order chi connectivity index (χ1) is 7.02. The van der Waals surface area contributed by atoms with Gasteiger partial charge < -0.3 is 0 Å². The van der Waals surface area contributed by atoms with Gasteiger partial charge in [0.05, 0.1) is 0 Å². The normalized spacial score (nSPS) is 12.9. The van der Waals surface area contributed by atoms with Crippen LogP contribution in [0.25, 0.3) is 0 Å². The van der Waals surface area contributed by atoms with E-state index in [4.69, 9.17) is 0 Å². The van der Waals surface area contributed by atoms with Crippen molar-refractivity contribution in [1.82, 2.24) is 4.98 Å². The lowest BCUT2D eigenvalue weighted by Gasteiger charge is -2.09. The smallest absolute Gasteiger partial charge is 0.216 e. The second-order valence-electron chi connectivity index (χ2n) is 3.50. The van der Waals surface area contributed by atoms with Gasteiger partial charge in [-0.25, -0.2) is 4.39 Å². The quantitative estimate of drug-likeness (QED) is 0.584. The van der Waals surface area contributed by atoms with E-state index in [0.29, 0.717) is 5.25 Å². The monoisotopic (exact) mass is 227 g/mol. The van der Waals surface area contributed by atoms with Gasteiger partial charge in [-0.15, -0.1) is 11.8 Å². The Morgan fingerprint density at radius 1 is 1.47 bits per heavy atom. The Morgan fingerprint density at radius 2 is 2.13 bits per heavy atom. The Labute approximate surface area is 93.3 Å². The number of carbonyl (C=O) groups excluding carboxylic acids is 1. The molecule has 0 radical (unpaired) electrons. The third-order valence-corrected chi connectivity index (χ3v) is 2.78. The summed E-state index contributed by atoms with van der Waals surface area (Å²) in [6.07, 6.45) is 0.0198. The van der Waals surface area contributed by atoms with Crippen LogP contribution >= 0.6 is 11.8 Å². The fourth-order valence-corrected chi connectivity index (χ4v) is 2.04. The van der Waals surface area contributed by atoms with Crippen molar-refractivity contribution < 1.29 is 9.18 Å². The van der Waals surface area contributed by atoms with Gasteiger partial charge in [-0.3, -0.25) is 9.78 Å². The molecular weight excluding hydrogens is 213 g/mol. The van der Waals surface area contributed by atoms with E-state index in [9.17, 15) is 9.18 Å². The maximum Gasteiger partial charge on any atom is 0.216 e. The van der Waals surface area contributed by atoms with Gasteiger partial charge in [-0.2, -0.15) is 0 Å². The van der Waals surface area contributed by atoms with Gasteiger partial charge in [0.1, 0.15) is 5.69 Å². The molecular formula is C11H14FNOS. The average molecular weight is 227 g/mol. The second kappa shape index (κ2) is 5.26. The van der Waals surface area contributed by atoms with E-state index in [1.54, 1.807) is 12.1 Å². The third-order valence-electron chi connectivity index (χ3n) is 1.73. The number of hydrogen-bond donors (Lipinski definition) is 0. The van der Waals surface area contributed by atoms with E-state index < -0.39 is 12.0 Å². The van der Waals surface area contributed by atoms with Crippen LogP contribution in [0.15, 0.2) is 23.2 Å². The Bertz CT molecular complexity index is 352. The predicted molar refractivity (Wildman–Crippen MR) is 60.1 cm³/mol. The predicted octanol–water partition coefficient (Wildman–Crippen LogP) is 3.12. The molecule has 0 saturated heterocycles. The highest BCUT2D eigenvalue weighted by Crippen LogP contribution is 2.26. The Balaban J connectivity index is 3.01. The van der Waals surface area contributed by atoms with E-state index in [0.717, 1.165) is 4.90 Å².